The van der Waals surface area contributed by atoms with E-state index in [2.05, 4.69) is 38.2 Å². The predicted octanol–water partition coefficient (Wildman–Crippen LogP) is 4.30. The van der Waals surface area contributed by atoms with Gasteiger partial charge in [0.15, 0.2) is 0 Å². The molecule has 0 aliphatic rings. The van der Waals surface area contributed by atoms with Crippen molar-refractivity contribution in [2.24, 2.45) is 0 Å². The average Bonchev–Trinajstić information content (AvgIpc) is 2.36. The molecule has 0 fully saturated rings. The minimum Gasteiger partial charge on any atom is -0.508 e. The number of nitrogens with one attached hydrogen (secondary N) is 1. The molecule has 0 heterocycles. The van der Waals surface area contributed by atoms with Crippen LogP contribution in [0.4, 0.5) is 5.69 Å². The van der Waals surface area contributed by atoms with Gasteiger partial charge in [0, 0.05) is 18.3 Å². The van der Waals surface area contributed by atoms with Crippen LogP contribution < -0.4 is 5.32 Å². The first-order chi connectivity index (χ1) is 8.97. The number of phenols is 1. The van der Waals surface area contributed by atoms with Crippen LogP contribution in [-0.4, -0.2) is 5.11 Å². The molecule has 100 valence electrons. The van der Waals surface area contributed by atoms with Crippen molar-refractivity contribution in [3.05, 3.63) is 59.7 Å². The molecule has 0 saturated heterocycles. The van der Waals surface area contributed by atoms with Gasteiger partial charge in [0.1, 0.15) is 5.75 Å². The summed E-state index contributed by atoms with van der Waals surface area (Å²) in [4.78, 5) is 0. The molecule has 0 radical (unpaired) electrons. The number of hydrogen-bond acceptors (Lipinski definition) is 2. The quantitative estimate of drug-likeness (QED) is 0.857. The van der Waals surface area contributed by atoms with E-state index in [4.69, 9.17) is 0 Å². The van der Waals surface area contributed by atoms with Crippen molar-refractivity contribution in [1.82, 2.24) is 0 Å². The molecule has 0 bridgehead atoms. The first-order valence-electron chi connectivity index (χ1n) is 6.58. The molecule has 0 unspecified atom stereocenters. The van der Waals surface area contributed by atoms with Gasteiger partial charge in [0.2, 0.25) is 0 Å². The van der Waals surface area contributed by atoms with E-state index in [1.54, 1.807) is 6.07 Å². The van der Waals surface area contributed by atoms with Crippen LogP contribution in [-0.2, 0) is 12.0 Å². The van der Waals surface area contributed by atoms with Crippen LogP contribution in [0, 0.1) is 0 Å². The molecule has 2 aromatic rings. The first-order valence-corrected chi connectivity index (χ1v) is 6.58. The van der Waals surface area contributed by atoms with Gasteiger partial charge < -0.3 is 10.4 Å². The molecule has 0 aromatic heterocycles. The van der Waals surface area contributed by atoms with Gasteiger partial charge in [-0.15, -0.1) is 0 Å². The number of anilines is 1. The maximum Gasteiger partial charge on any atom is 0.121 e. The van der Waals surface area contributed by atoms with Crippen molar-refractivity contribution in [1.29, 1.82) is 0 Å². The molecule has 0 aliphatic heterocycles. The van der Waals surface area contributed by atoms with E-state index in [0.717, 1.165) is 17.8 Å². The highest BCUT2D eigenvalue weighted by Crippen LogP contribution is 2.32. The Hall–Kier alpha value is -1.96. The SMILES string of the molecule is CC(C)(C)c1ccc(NCc2ccccc2)cc1O. The van der Waals surface area contributed by atoms with Crippen LogP contribution in [0.15, 0.2) is 48.5 Å². The van der Waals surface area contributed by atoms with Crippen molar-refractivity contribution in [2.45, 2.75) is 32.7 Å². The van der Waals surface area contributed by atoms with Gasteiger partial charge >= 0.3 is 0 Å². The summed E-state index contributed by atoms with van der Waals surface area (Å²) < 4.78 is 0. The van der Waals surface area contributed by atoms with Gasteiger partial charge in [-0.1, -0.05) is 57.2 Å². The molecule has 0 saturated carbocycles. The summed E-state index contributed by atoms with van der Waals surface area (Å²) in [6.45, 7) is 7.05. The second kappa shape index (κ2) is 5.35. The molecule has 2 rings (SSSR count). The highest BCUT2D eigenvalue weighted by atomic mass is 16.3. The van der Waals surface area contributed by atoms with E-state index in [1.807, 2.05) is 30.3 Å². The molecule has 2 N–H and O–H groups in total. The van der Waals surface area contributed by atoms with E-state index in [1.165, 1.54) is 5.56 Å². The first kappa shape index (κ1) is 13.5. The van der Waals surface area contributed by atoms with Crippen molar-refractivity contribution < 1.29 is 5.11 Å². The van der Waals surface area contributed by atoms with E-state index in [9.17, 15) is 5.11 Å². The van der Waals surface area contributed by atoms with Gasteiger partial charge in [0.25, 0.3) is 0 Å². The Kier molecular flexibility index (Phi) is 3.79. The van der Waals surface area contributed by atoms with Crippen molar-refractivity contribution in [3.63, 3.8) is 0 Å². The van der Waals surface area contributed by atoms with E-state index in [-0.39, 0.29) is 5.41 Å². The van der Waals surface area contributed by atoms with Crippen LogP contribution in [0.1, 0.15) is 31.9 Å². The summed E-state index contributed by atoms with van der Waals surface area (Å²) in [5.41, 5.74) is 3.09. The molecule has 0 amide bonds. The zero-order chi connectivity index (χ0) is 13.9. The Morgan fingerprint density at radius 2 is 1.68 bits per heavy atom. The third-order valence-electron chi connectivity index (χ3n) is 3.15. The fraction of sp³-hybridized carbons (Fsp3) is 0.294. The van der Waals surface area contributed by atoms with E-state index < -0.39 is 0 Å². The molecule has 2 heteroatoms. The highest BCUT2D eigenvalue weighted by Gasteiger charge is 2.17. The summed E-state index contributed by atoms with van der Waals surface area (Å²) in [5, 5.41) is 13.4. The minimum atomic E-state index is -0.0396. The van der Waals surface area contributed by atoms with Gasteiger partial charge in [0.05, 0.1) is 0 Å². The summed E-state index contributed by atoms with van der Waals surface area (Å²) in [6.07, 6.45) is 0. The van der Waals surface area contributed by atoms with E-state index in [0.29, 0.717) is 5.75 Å². The average molecular weight is 255 g/mol. The summed E-state index contributed by atoms with van der Waals surface area (Å²) in [6, 6.07) is 16.0. The molecule has 0 atom stereocenters. The van der Waals surface area contributed by atoms with Gasteiger partial charge in [-0.05, 0) is 22.6 Å². The Morgan fingerprint density at radius 3 is 2.26 bits per heavy atom. The Bertz CT molecular complexity index is 541. The lowest BCUT2D eigenvalue weighted by Gasteiger charge is -2.21. The largest absolute Gasteiger partial charge is 0.508 e. The smallest absolute Gasteiger partial charge is 0.121 e. The zero-order valence-corrected chi connectivity index (χ0v) is 11.8. The number of rotatable bonds is 3. The van der Waals surface area contributed by atoms with Crippen LogP contribution in [0.2, 0.25) is 0 Å². The lowest BCUT2D eigenvalue weighted by molar-refractivity contribution is 0.447. The fourth-order valence-corrected chi connectivity index (χ4v) is 2.08. The normalized spacial score (nSPS) is 11.3. The summed E-state index contributed by atoms with van der Waals surface area (Å²) >= 11 is 0. The number of phenolic OH excluding ortho intramolecular Hbond substituents is 1. The molecule has 0 aliphatic carbocycles. The number of benzene rings is 2. The lowest BCUT2D eigenvalue weighted by Crippen LogP contribution is -2.11. The molecular formula is C17H21NO. The second-order valence-electron chi connectivity index (χ2n) is 5.82. The van der Waals surface area contributed by atoms with E-state index >= 15 is 0 Å². The number of hydrogen-bond donors (Lipinski definition) is 2. The van der Waals surface area contributed by atoms with Crippen LogP contribution >= 0.6 is 0 Å². The standard InChI is InChI=1S/C17H21NO/c1-17(2,3)15-10-9-14(11-16(15)19)18-12-13-7-5-4-6-8-13/h4-11,18-19H,12H2,1-3H3. The second-order valence-corrected chi connectivity index (χ2v) is 5.82. The Morgan fingerprint density at radius 1 is 1.00 bits per heavy atom. The molecule has 2 nitrogen and oxygen atoms in total. The Balaban J connectivity index is 2.09. The zero-order valence-electron chi connectivity index (χ0n) is 11.8. The maximum atomic E-state index is 10.1. The predicted molar refractivity (Wildman–Crippen MR) is 80.6 cm³/mol. The third-order valence-corrected chi connectivity index (χ3v) is 3.15. The summed E-state index contributed by atoms with van der Waals surface area (Å²) in [7, 11) is 0. The van der Waals surface area contributed by atoms with Crippen LogP contribution in [0.3, 0.4) is 0 Å². The number of aromatic hydroxyl groups is 1. The molecular weight excluding hydrogens is 234 g/mol. The maximum absolute atomic E-state index is 10.1. The fourth-order valence-electron chi connectivity index (χ4n) is 2.08. The Labute approximate surface area is 115 Å². The minimum absolute atomic E-state index is 0.0396. The van der Waals surface area contributed by atoms with Crippen molar-refractivity contribution in [2.75, 3.05) is 5.32 Å². The van der Waals surface area contributed by atoms with Crippen molar-refractivity contribution >= 4 is 5.69 Å². The van der Waals surface area contributed by atoms with Crippen LogP contribution in [0.5, 0.6) is 5.75 Å². The van der Waals surface area contributed by atoms with Gasteiger partial charge in [-0.2, -0.15) is 0 Å². The monoisotopic (exact) mass is 255 g/mol. The molecule has 19 heavy (non-hydrogen) atoms. The molecule has 0 spiro atoms. The van der Waals surface area contributed by atoms with Crippen LogP contribution in [0.25, 0.3) is 0 Å². The summed E-state index contributed by atoms with van der Waals surface area (Å²) in [5.74, 6) is 0.352. The van der Waals surface area contributed by atoms with Gasteiger partial charge in [-0.25, -0.2) is 0 Å². The lowest BCUT2D eigenvalue weighted by atomic mass is 9.86. The highest BCUT2D eigenvalue weighted by molar-refractivity contribution is 5.53. The third kappa shape index (κ3) is 3.50. The van der Waals surface area contributed by atoms with Crippen molar-refractivity contribution in [3.8, 4) is 5.75 Å². The van der Waals surface area contributed by atoms with Gasteiger partial charge in [-0.3, -0.25) is 0 Å². The topological polar surface area (TPSA) is 32.3 Å². The molecule has 2 aromatic carbocycles.